The predicted octanol–water partition coefficient (Wildman–Crippen LogP) is 3.87. The van der Waals surface area contributed by atoms with Crippen molar-refractivity contribution in [1.82, 2.24) is 9.55 Å². The molecule has 4 aromatic rings. The van der Waals surface area contributed by atoms with E-state index in [1.165, 1.54) is 22.0 Å². The number of fused-ring (bicyclic) bond motifs is 1. The minimum atomic E-state index is -0.584. The van der Waals surface area contributed by atoms with Crippen molar-refractivity contribution < 1.29 is 9.59 Å². The van der Waals surface area contributed by atoms with Crippen LogP contribution in [0.3, 0.4) is 0 Å². The first-order chi connectivity index (χ1) is 15.1. The highest BCUT2D eigenvalue weighted by Crippen LogP contribution is 2.22. The molecule has 0 aliphatic rings. The van der Waals surface area contributed by atoms with E-state index in [-0.39, 0.29) is 23.7 Å². The van der Waals surface area contributed by atoms with E-state index in [4.69, 9.17) is 0 Å². The molecule has 0 aliphatic heterocycles. The van der Waals surface area contributed by atoms with Gasteiger partial charge in [-0.15, -0.1) is 11.3 Å². The van der Waals surface area contributed by atoms with Gasteiger partial charge in [-0.05, 0) is 41.5 Å². The summed E-state index contributed by atoms with van der Waals surface area (Å²) in [6.45, 7) is 7.23. The molecule has 0 unspecified atom stereocenters. The molecule has 1 aromatic carbocycles. The highest BCUT2D eigenvalue weighted by atomic mass is 32.1. The zero-order valence-corrected chi connectivity index (χ0v) is 20.0. The highest BCUT2D eigenvalue weighted by Gasteiger charge is 2.21. The second-order valence-electron chi connectivity index (χ2n) is 8.75. The van der Waals surface area contributed by atoms with E-state index in [0.29, 0.717) is 14.8 Å². The molecular weight excluding hydrogens is 440 g/mol. The van der Waals surface area contributed by atoms with Gasteiger partial charge in [-0.2, -0.15) is 11.3 Å². The smallest absolute Gasteiger partial charge is 0.269 e. The van der Waals surface area contributed by atoms with E-state index in [1.54, 1.807) is 17.4 Å². The quantitative estimate of drug-likeness (QED) is 0.456. The second-order valence-corrected chi connectivity index (χ2v) is 10.6. The molecule has 4 rings (SSSR count). The van der Waals surface area contributed by atoms with Crippen molar-refractivity contribution in [2.24, 2.45) is 5.41 Å². The molecule has 0 spiro atoms. The van der Waals surface area contributed by atoms with Crippen LogP contribution in [0.5, 0.6) is 0 Å². The van der Waals surface area contributed by atoms with Crippen LogP contribution < -0.4 is 14.8 Å². The van der Waals surface area contributed by atoms with Gasteiger partial charge in [0.1, 0.15) is 4.66 Å². The predicted molar refractivity (Wildman–Crippen MR) is 132 cm³/mol. The van der Waals surface area contributed by atoms with Crippen LogP contribution in [0.15, 0.2) is 45.9 Å². The Morgan fingerprint density at radius 1 is 1.16 bits per heavy atom. The lowest BCUT2D eigenvalue weighted by atomic mass is 9.91. The van der Waals surface area contributed by atoms with Crippen LogP contribution in [0.4, 0.5) is 0 Å². The van der Waals surface area contributed by atoms with Gasteiger partial charge in [-0.1, -0.05) is 39.0 Å². The number of rotatable bonds is 5. The van der Waals surface area contributed by atoms with E-state index in [2.05, 4.69) is 4.98 Å². The van der Waals surface area contributed by atoms with E-state index in [0.717, 1.165) is 22.2 Å². The molecule has 0 fully saturated rings. The standard InChI is InChI=1S/C25H24N2O3S2/c1-15-23(17-7-5-6-8-18(17)26-15)19(28)13-27-22(12-21(29)25(2,3)4)32-20(24(27)30)11-16-9-10-31-14-16/h5-12,14,26H,13H2,1-4H3. The van der Waals surface area contributed by atoms with Crippen LogP contribution in [0.2, 0.25) is 0 Å². The molecule has 0 bridgehead atoms. The summed E-state index contributed by atoms with van der Waals surface area (Å²) in [6.07, 6.45) is 3.30. The molecule has 0 amide bonds. The number of thiophene rings is 1. The third kappa shape index (κ3) is 4.31. The summed E-state index contributed by atoms with van der Waals surface area (Å²) in [7, 11) is 0. The Bertz CT molecular complexity index is 1490. The van der Waals surface area contributed by atoms with E-state index in [9.17, 15) is 14.4 Å². The lowest BCUT2D eigenvalue weighted by Gasteiger charge is -2.12. The lowest BCUT2D eigenvalue weighted by molar-refractivity contribution is -0.120. The Hall–Kier alpha value is -3.03. The monoisotopic (exact) mass is 464 g/mol. The minimum Gasteiger partial charge on any atom is -0.358 e. The molecule has 0 atom stereocenters. The topological polar surface area (TPSA) is 71.9 Å². The summed E-state index contributed by atoms with van der Waals surface area (Å²) in [6, 6.07) is 9.55. The number of carbonyl (C=O) groups is 2. The summed E-state index contributed by atoms with van der Waals surface area (Å²) in [5.41, 5.74) is 2.30. The normalized spacial score (nSPS) is 13.2. The van der Waals surface area contributed by atoms with E-state index in [1.807, 2.05) is 68.8 Å². The molecule has 3 heterocycles. The van der Waals surface area contributed by atoms with E-state index < -0.39 is 5.41 Å². The van der Waals surface area contributed by atoms with Crippen molar-refractivity contribution in [3.8, 4) is 0 Å². The molecule has 0 saturated carbocycles. The Morgan fingerprint density at radius 2 is 1.91 bits per heavy atom. The molecule has 0 saturated heterocycles. The zero-order valence-electron chi connectivity index (χ0n) is 18.4. The third-order valence-corrected chi connectivity index (χ3v) is 7.01. The molecule has 1 N–H and O–H groups in total. The van der Waals surface area contributed by atoms with Crippen molar-refractivity contribution in [1.29, 1.82) is 0 Å². The van der Waals surface area contributed by atoms with Gasteiger partial charge < -0.3 is 4.98 Å². The van der Waals surface area contributed by atoms with Crippen LogP contribution in [-0.2, 0) is 11.3 Å². The number of aromatic amines is 1. The maximum atomic E-state index is 13.3. The van der Waals surface area contributed by atoms with Crippen molar-refractivity contribution in [2.45, 2.75) is 34.2 Å². The number of carbonyl (C=O) groups excluding carboxylic acids is 2. The number of para-hydroxylation sites is 1. The van der Waals surface area contributed by atoms with Gasteiger partial charge in [0.15, 0.2) is 11.6 Å². The Morgan fingerprint density at radius 3 is 2.59 bits per heavy atom. The summed E-state index contributed by atoms with van der Waals surface area (Å²) >= 11 is 2.79. The molecule has 0 radical (unpaired) electrons. The fourth-order valence-electron chi connectivity index (χ4n) is 3.49. The maximum absolute atomic E-state index is 13.3. The number of ketones is 2. The molecule has 7 heteroatoms. The van der Waals surface area contributed by atoms with Crippen LogP contribution in [-0.4, -0.2) is 21.1 Å². The van der Waals surface area contributed by atoms with Gasteiger partial charge in [-0.25, -0.2) is 0 Å². The number of aryl methyl sites for hydroxylation is 1. The first-order valence-electron chi connectivity index (χ1n) is 10.3. The summed E-state index contributed by atoms with van der Waals surface area (Å²) in [4.78, 5) is 42.5. The third-order valence-electron chi connectivity index (χ3n) is 5.25. The second kappa shape index (κ2) is 8.48. The largest absolute Gasteiger partial charge is 0.358 e. The average Bonchev–Trinajstić information content (AvgIpc) is 3.42. The molecular formula is C25H24N2O3S2. The first kappa shape index (κ1) is 22.2. The van der Waals surface area contributed by atoms with Crippen LogP contribution in [0.25, 0.3) is 23.1 Å². The van der Waals surface area contributed by atoms with Crippen LogP contribution in [0, 0.1) is 12.3 Å². The number of aromatic nitrogens is 2. The number of benzene rings is 1. The fraction of sp³-hybridized carbons (Fsp3) is 0.240. The van der Waals surface area contributed by atoms with Gasteiger partial charge in [-0.3, -0.25) is 19.0 Å². The Kier molecular flexibility index (Phi) is 5.88. The number of hydrogen-bond donors (Lipinski definition) is 1. The molecule has 0 aliphatic carbocycles. The molecule has 164 valence electrons. The Balaban J connectivity index is 1.85. The van der Waals surface area contributed by atoms with E-state index >= 15 is 0 Å². The van der Waals surface area contributed by atoms with Gasteiger partial charge in [0.05, 0.1) is 11.1 Å². The maximum Gasteiger partial charge on any atom is 0.269 e. The van der Waals surface area contributed by atoms with Crippen molar-refractivity contribution in [3.05, 3.63) is 77.5 Å². The molecule has 3 aromatic heterocycles. The average molecular weight is 465 g/mol. The first-order valence-corrected chi connectivity index (χ1v) is 12.0. The van der Waals surface area contributed by atoms with Crippen LogP contribution in [0.1, 0.15) is 42.4 Å². The lowest BCUT2D eigenvalue weighted by Crippen LogP contribution is -2.35. The summed E-state index contributed by atoms with van der Waals surface area (Å²) in [5.74, 6) is -0.259. The van der Waals surface area contributed by atoms with Gasteiger partial charge in [0.25, 0.3) is 5.56 Å². The number of nitrogens with one attached hydrogen (secondary N) is 1. The Labute approximate surface area is 193 Å². The number of H-pyrrole nitrogens is 1. The fourth-order valence-corrected chi connectivity index (χ4v) is 5.15. The highest BCUT2D eigenvalue weighted by molar-refractivity contribution is 7.08. The number of nitrogens with zero attached hydrogens (tertiary/aromatic N) is 1. The molecule has 32 heavy (non-hydrogen) atoms. The van der Waals surface area contributed by atoms with Gasteiger partial charge in [0, 0.05) is 33.7 Å². The SMILES string of the molecule is Cc1[nH]c2ccccc2c1C(=O)Cn1c(=CC(=O)C(C)(C)C)sc(=Cc2ccsc2)c1=O. The molecule has 5 nitrogen and oxygen atoms in total. The zero-order chi connectivity index (χ0) is 23.0. The number of hydrogen-bond acceptors (Lipinski definition) is 5. The van der Waals surface area contributed by atoms with Gasteiger partial charge in [0.2, 0.25) is 0 Å². The van der Waals surface area contributed by atoms with Crippen molar-refractivity contribution >= 4 is 57.3 Å². The van der Waals surface area contributed by atoms with Crippen molar-refractivity contribution in [3.63, 3.8) is 0 Å². The van der Waals surface area contributed by atoms with Crippen LogP contribution >= 0.6 is 22.7 Å². The van der Waals surface area contributed by atoms with Gasteiger partial charge >= 0.3 is 0 Å². The summed E-state index contributed by atoms with van der Waals surface area (Å²) in [5, 5.41) is 4.73. The number of Topliss-reactive ketones (excluding diaryl/α,β-unsaturated/α-hetero) is 2. The summed E-state index contributed by atoms with van der Waals surface area (Å²) < 4.78 is 2.41. The minimum absolute atomic E-state index is 0.0923. The number of thiazole rings is 1. The van der Waals surface area contributed by atoms with Crippen molar-refractivity contribution in [2.75, 3.05) is 0 Å².